The average Bonchev–Trinajstić information content (AvgIpc) is 2.32. The number of halogens is 4. The van der Waals surface area contributed by atoms with Crippen molar-refractivity contribution < 1.29 is 22.3 Å². The summed E-state index contributed by atoms with van der Waals surface area (Å²) in [6.45, 7) is 0. The van der Waals surface area contributed by atoms with Gasteiger partial charge in [-0.05, 0) is 18.2 Å². The summed E-state index contributed by atoms with van der Waals surface area (Å²) in [6.07, 6.45) is -3.75. The summed E-state index contributed by atoms with van der Waals surface area (Å²) in [5.74, 6) is -1.13. The Morgan fingerprint density at radius 3 is 2.53 bits per heavy atom. The Hall–Kier alpha value is -2.38. The molecule has 0 bridgehead atoms. The third-order valence-electron chi connectivity index (χ3n) is 2.08. The second-order valence-electron chi connectivity index (χ2n) is 3.51. The summed E-state index contributed by atoms with van der Waals surface area (Å²) in [5, 5.41) is 0. The van der Waals surface area contributed by atoms with Gasteiger partial charge in [-0.25, -0.2) is 9.37 Å². The van der Waals surface area contributed by atoms with Crippen LogP contribution in [0.25, 0.3) is 0 Å². The van der Waals surface area contributed by atoms with Crippen LogP contribution in [0, 0.1) is 5.82 Å². The predicted octanol–water partition coefficient (Wildman–Crippen LogP) is 3.01. The van der Waals surface area contributed by atoms with Gasteiger partial charge in [0, 0.05) is 18.0 Å². The first kappa shape index (κ1) is 13.1. The molecule has 19 heavy (non-hydrogen) atoms. The zero-order valence-electron chi connectivity index (χ0n) is 9.28. The molecule has 2 N–H and O–H groups in total. The van der Waals surface area contributed by atoms with Crippen LogP contribution in [-0.4, -0.2) is 9.97 Å². The van der Waals surface area contributed by atoms with Crippen LogP contribution < -0.4 is 10.5 Å². The molecule has 1 aromatic carbocycles. The molecule has 0 spiro atoms. The molecule has 2 aromatic rings. The van der Waals surface area contributed by atoms with Crippen molar-refractivity contribution in [3.8, 4) is 11.8 Å². The van der Waals surface area contributed by atoms with Crippen molar-refractivity contribution in [3.63, 3.8) is 0 Å². The molecule has 100 valence electrons. The smallest absolute Gasteiger partial charge is 0.421 e. The Morgan fingerprint density at radius 1 is 1.16 bits per heavy atom. The number of alkyl halides is 3. The second-order valence-corrected chi connectivity index (χ2v) is 3.51. The fourth-order valence-electron chi connectivity index (χ4n) is 1.25. The van der Waals surface area contributed by atoms with E-state index in [0.29, 0.717) is 6.07 Å². The van der Waals surface area contributed by atoms with Crippen molar-refractivity contribution in [1.82, 2.24) is 9.97 Å². The SMILES string of the molecule is Nc1ccc(Oc2nccc(C(F)(F)F)n2)c(F)c1. The number of aromatic nitrogens is 2. The van der Waals surface area contributed by atoms with E-state index in [-0.39, 0.29) is 11.4 Å². The summed E-state index contributed by atoms with van der Waals surface area (Å²) in [7, 11) is 0. The zero-order chi connectivity index (χ0) is 14.0. The van der Waals surface area contributed by atoms with Crippen molar-refractivity contribution in [1.29, 1.82) is 0 Å². The molecule has 0 unspecified atom stereocenters. The maximum absolute atomic E-state index is 13.4. The van der Waals surface area contributed by atoms with Gasteiger partial charge in [-0.1, -0.05) is 0 Å². The van der Waals surface area contributed by atoms with Crippen LogP contribution >= 0.6 is 0 Å². The summed E-state index contributed by atoms with van der Waals surface area (Å²) >= 11 is 0. The molecule has 0 saturated heterocycles. The minimum atomic E-state index is -4.62. The van der Waals surface area contributed by atoms with Gasteiger partial charge in [0.25, 0.3) is 0 Å². The van der Waals surface area contributed by atoms with Crippen molar-refractivity contribution in [2.24, 2.45) is 0 Å². The molecule has 0 aliphatic carbocycles. The van der Waals surface area contributed by atoms with E-state index in [1.165, 1.54) is 12.1 Å². The highest BCUT2D eigenvalue weighted by Gasteiger charge is 2.33. The highest BCUT2D eigenvalue weighted by atomic mass is 19.4. The van der Waals surface area contributed by atoms with Gasteiger partial charge in [0.1, 0.15) is 0 Å². The normalized spacial score (nSPS) is 11.4. The summed E-state index contributed by atoms with van der Waals surface area (Å²) < 4.78 is 55.4. The zero-order valence-corrected chi connectivity index (χ0v) is 9.28. The Morgan fingerprint density at radius 2 is 1.89 bits per heavy atom. The Kier molecular flexibility index (Phi) is 3.24. The van der Waals surface area contributed by atoms with Crippen molar-refractivity contribution in [2.75, 3.05) is 5.73 Å². The third kappa shape index (κ3) is 3.09. The van der Waals surface area contributed by atoms with E-state index < -0.39 is 23.7 Å². The van der Waals surface area contributed by atoms with Gasteiger partial charge >= 0.3 is 12.2 Å². The molecule has 1 aromatic heterocycles. The molecule has 4 nitrogen and oxygen atoms in total. The van der Waals surface area contributed by atoms with Gasteiger partial charge in [-0.15, -0.1) is 0 Å². The van der Waals surface area contributed by atoms with Crippen LogP contribution in [0.2, 0.25) is 0 Å². The highest BCUT2D eigenvalue weighted by Crippen LogP contribution is 2.29. The number of nitrogen functional groups attached to an aromatic ring is 1. The molecular formula is C11H7F4N3O. The standard InChI is InChI=1S/C11H7F4N3O/c12-7-5-6(16)1-2-8(7)19-10-17-4-3-9(18-10)11(13,14)15/h1-5H,16H2. The van der Waals surface area contributed by atoms with Gasteiger partial charge in [-0.3, -0.25) is 0 Å². The van der Waals surface area contributed by atoms with Gasteiger partial charge in [0.2, 0.25) is 0 Å². The Balaban J connectivity index is 2.29. The number of hydrogen-bond donors (Lipinski definition) is 1. The summed E-state index contributed by atoms with van der Waals surface area (Å²) in [4.78, 5) is 6.63. The lowest BCUT2D eigenvalue weighted by molar-refractivity contribution is -0.141. The number of hydrogen-bond acceptors (Lipinski definition) is 4. The third-order valence-corrected chi connectivity index (χ3v) is 2.08. The molecule has 0 saturated carbocycles. The van der Waals surface area contributed by atoms with E-state index in [9.17, 15) is 17.6 Å². The molecule has 0 amide bonds. The van der Waals surface area contributed by atoms with E-state index in [1.807, 2.05) is 0 Å². The van der Waals surface area contributed by atoms with E-state index in [0.717, 1.165) is 12.3 Å². The molecule has 0 aliphatic rings. The lowest BCUT2D eigenvalue weighted by atomic mass is 10.3. The number of nitrogens with zero attached hydrogens (tertiary/aromatic N) is 2. The second kappa shape index (κ2) is 4.71. The maximum Gasteiger partial charge on any atom is 0.433 e. The molecule has 0 radical (unpaired) electrons. The molecule has 0 atom stereocenters. The fourth-order valence-corrected chi connectivity index (χ4v) is 1.25. The Bertz CT molecular complexity index is 601. The van der Waals surface area contributed by atoms with Gasteiger partial charge in [-0.2, -0.15) is 18.2 Å². The van der Waals surface area contributed by atoms with E-state index in [1.54, 1.807) is 0 Å². The first-order valence-electron chi connectivity index (χ1n) is 4.99. The van der Waals surface area contributed by atoms with Crippen LogP contribution in [0.1, 0.15) is 5.69 Å². The van der Waals surface area contributed by atoms with E-state index in [2.05, 4.69) is 9.97 Å². The van der Waals surface area contributed by atoms with Crippen LogP contribution in [0.3, 0.4) is 0 Å². The van der Waals surface area contributed by atoms with Crippen molar-refractivity contribution in [2.45, 2.75) is 6.18 Å². The number of ether oxygens (including phenoxy) is 1. The number of anilines is 1. The van der Waals surface area contributed by atoms with E-state index in [4.69, 9.17) is 10.5 Å². The molecule has 2 rings (SSSR count). The topological polar surface area (TPSA) is 61.0 Å². The quantitative estimate of drug-likeness (QED) is 0.675. The van der Waals surface area contributed by atoms with Crippen molar-refractivity contribution in [3.05, 3.63) is 42.0 Å². The molecular weight excluding hydrogens is 266 g/mol. The van der Waals surface area contributed by atoms with Gasteiger partial charge in [0.15, 0.2) is 17.3 Å². The van der Waals surface area contributed by atoms with Crippen molar-refractivity contribution >= 4 is 5.69 Å². The van der Waals surface area contributed by atoms with Gasteiger partial charge in [0.05, 0.1) is 0 Å². The highest BCUT2D eigenvalue weighted by molar-refractivity contribution is 5.43. The Labute approximate surface area is 104 Å². The number of nitrogens with two attached hydrogens (primary N) is 1. The number of rotatable bonds is 2. The minimum Gasteiger partial charge on any atom is -0.421 e. The average molecular weight is 273 g/mol. The van der Waals surface area contributed by atoms with Crippen LogP contribution in [-0.2, 0) is 6.18 Å². The molecule has 8 heteroatoms. The fraction of sp³-hybridized carbons (Fsp3) is 0.0909. The minimum absolute atomic E-state index is 0.162. The van der Waals surface area contributed by atoms with Crippen LogP contribution in [0.5, 0.6) is 11.8 Å². The lowest BCUT2D eigenvalue weighted by Gasteiger charge is -2.08. The predicted molar refractivity (Wildman–Crippen MR) is 57.9 cm³/mol. The maximum atomic E-state index is 13.4. The first-order valence-corrected chi connectivity index (χ1v) is 4.99. The van der Waals surface area contributed by atoms with E-state index >= 15 is 0 Å². The van der Waals surface area contributed by atoms with Gasteiger partial charge < -0.3 is 10.5 Å². The monoisotopic (exact) mass is 273 g/mol. The summed E-state index contributed by atoms with van der Waals surface area (Å²) in [5.41, 5.74) is 4.32. The molecule has 0 aliphatic heterocycles. The molecule has 0 fully saturated rings. The lowest BCUT2D eigenvalue weighted by Crippen LogP contribution is -2.09. The molecule has 1 heterocycles. The van der Waals surface area contributed by atoms with Crippen LogP contribution in [0.15, 0.2) is 30.5 Å². The summed E-state index contributed by atoms with van der Waals surface area (Å²) in [6, 6.07) is 3.58. The van der Waals surface area contributed by atoms with Crippen LogP contribution in [0.4, 0.5) is 23.2 Å². The number of benzene rings is 1. The largest absolute Gasteiger partial charge is 0.433 e. The first-order chi connectivity index (χ1) is 8.86.